The van der Waals surface area contributed by atoms with E-state index in [0.717, 1.165) is 16.9 Å². The maximum atomic E-state index is 10.5. The first kappa shape index (κ1) is 14.0. The first-order chi connectivity index (χ1) is 8.67. The Labute approximate surface area is 107 Å². The average Bonchev–Trinajstić information content (AvgIpc) is 2.35. The van der Waals surface area contributed by atoms with Gasteiger partial charge in [-0.1, -0.05) is 30.9 Å². The van der Waals surface area contributed by atoms with E-state index in [1.54, 1.807) is 12.2 Å². The van der Waals surface area contributed by atoms with Gasteiger partial charge in [0.15, 0.2) is 0 Å². The fraction of sp³-hybridized carbons (Fsp3) is 0.267. The number of carboxylic acids is 1. The largest absolute Gasteiger partial charge is 0.489 e. The number of rotatable bonds is 8. The summed E-state index contributed by atoms with van der Waals surface area (Å²) in [4.78, 5) is 10.5. The Balaban J connectivity index is 2.83. The van der Waals surface area contributed by atoms with Crippen LogP contribution in [0.25, 0.3) is 0 Å². The highest BCUT2D eigenvalue weighted by molar-refractivity contribution is 5.67. The van der Waals surface area contributed by atoms with Crippen LogP contribution in [0.1, 0.15) is 17.5 Å². The Bertz CT molecular complexity index is 435. The Hall–Kier alpha value is -2.03. The Kier molecular flexibility index (Phi) is 5.71. The number of carboxylic acid groups (broad SMARTS) is 1. The average molecular weight is 246 g/mol. The summed E-state index contributed by atoms with van der Waals surface area (Å²) < 4.78 is 5.54. The van der Waals surface area contributed by atoms with Crippen molar-refractivity contribution in [3.63, 3.8) is 0 Å². The molecule has 1 aromatic rings. The van der Waals surface area contributed by atoms with Crippen molar-refractivity contribution in [3.8, 4) is 5.75 Å². The molecule has 0 saturated heterocycles. The molecule has 0 fully saturated rings. The Morgan fingerprint density at radius 3 is 2.72 bits per heavy atom. The van der Waals surface area contributed by atoms with Gasteiger partial charge in [-0.2, -0.15) is 0 Å². The molecule has 0 aliphatic rings. The second-order valence-electron chi connectivity index (χ2n) is 3.93. The normalized spacial score (nSPS) is 9.78. The second-order valence-corrected chi connectivity index (χ2v) is 3.93. The summed E-state index contributed by atoms with van der Waals surface area (Å²) in [6, 6.07) is 5.75. The standard InChI is InChI=1S/C15H18O3/c1-3-5-13-11-12(7-9-15(16)17)6-8-14(13)18-10-4-2/h3-4,6,8,11H,1-2,5,7,9-10H2,(H,16,17). The number of aryl methyl sites for hydroxylation is 1. The molecule has 3 nitrogen and oxygen atoms in total. The highest BCUT2D eigenvalue weighted by Crippen LogP contribution is 2.22. The molecule has 0 spiro atoms. The lowest BCUT2D eigenvalue weighted by molar-refractivity contribution is -0.136. The van der Waals surface area contributed by atoms with E-state index in [0.29, 0.717) is 19.4 Å². The first-order valence-electron chi connectivity index (χ1n) is 5.85. The van der Waals surface area contributed by atoms with Gasteiger partial charge < -0.3 is 9.84 Å². The predicted octanol–water partition coefficient (Wildman–Crippen LogP) is 3.00. The van der Waals surface area contributed by atoms with Gasteiger partial charge in [-0.15, -0.1) is 6.58 Å². The maximum absolute atomic E-state index is 10.5. The van der Waals surface area contributed by atoms with Crippen molar-refractivity contribution in [2.45, 2.75) is 19.3 Å². The van der Waals surface area contributed by atoms with E-state index in [1.807, 2.05) is 18.2 Å². The molecule has 0 saturated carbocycles. The molecule has 1 N–H and O–H groups in total. The molecule has 1 rings (SSSR count). The minimum atomic E-state index is -0.785. The molecule has 0 bridgehead atoms. The van der Waals surface area contributed by atoms with Crippen molar-refractivity contribution in [3.05, 3.63) is 54.6 Å². The van der Waals surface area contributed by atoms with Crippen LogP contribution in [0.15, 0.2) is 43.5 Å². The lowest BCUT2D eigenvalue weighted by atomic mass is 10.0. The first-order valence-corrected chi connectivity index (χ1v) is 5.85. The number of carbonyl (C=O) groups is 1. The highest BCUT2D eigenvalue weighted by atomic mass is 16.5. The van der Waals surface area contributed by atoms with Crippen LogP contribution < -0.4 is 4.74 Å². The van der Waals surface area contributed by atoms with Gasteiger partial charge in [0, 0.05) is 6.42 Å². The molecule has 0 aliphatic heterocycles. The van der Waals surface area contributed by atoms with Gasteiger partial charge in [0.2, 0.25) is 0 Å². The second kappa shape index (κ2) is 7.33. The number of ether oxygens (including phenoxy) is 1. The van der Waals surface area contributed by atoms with Crippen LogP contribution in [0.4, 0.5) is 0 Å². The van der Waals surface area contributed by atoms with Crippen molar-refractivity contribution in [2.24, 2.45) is 0 Å². The molecule has 0 radical (unpaired) electrons. The molecule has 0 unspecified atom stereocenters. The smallest absolute Gasteiger partial charge is 0.303 e. The maximum Gasteiger partial charge on any atom is 0.303 e. The van der Waals surface area contributed by atoms with Crippen LogP contribution in [-0.4, -0.2) is 17.7 Å². The van der Waals surface area contributed by atoms with Crippen LogP contribution in [0.3, 0.4) is 0 Å². The molecule has 0 aromatic heterocycles. The SMILES string of the molecule is C=CCOc1ccc(CCC(=O)O)cc1CC=C. The van der Waals surface area contributed by atoms with Gasteiger partial charge in [0.05, 0.1) is 0 Å². The van der Waals surface area contributed by atoms with Gasteiger partial charge >= 0.3 is 5.97 Å². The third-order valence-corrected chi connectivity index (χ3v) is 2.47. The summed E-state index contributed by atoms with van der Waals surface area (Å²) in [5.74, 6) is 0.0149. The predicted molar refractivity (Wildman–Crippen MR) is 72.0 cm³/mol. The summed E-state index contributed by atoms with van der Waals surface area (Å²) in [6.45, 7) is 7.78. The van der Waals surface area contributed by atoms with Gasteiger partial charge in [0.25, 0.3) is 0 Å². The molecule has 3 heteroatoms. The summed E-state index contributed by atoms with van der Waals surface area (Å²) in [5.41, 5.74) is 2.02. The van der Waals surface area contributed by atoms with E-state index in [9.17, 15) is 4.79 Å². The lowest BCUT2D eigenvalue weighted by Gasteiger charge is -2.10. The number of benzene rings is 1. The zero-order valence-corrected chi connectivity index (χ0v) is 10.4. The number of hydrogen-bond acceptors (Lipinski definition) is 2. The Morgan fingerprint density at radius 1 is 1.33 bits per heavy atom. The molecule has 18 heavy (non-hydrogen) atoms. The zero-order chi connectivity index (χ0) is 13.4. The topological polar surface area (TPSA) is 46.5 Å². The zero-order valence-electron chi connectivity index (χ0n) is 10.4. The molecule has 0 amide bonds. The molecule has 96 valence electrons. The van der Waals surface area contributed by atoms with Gasteiger partial charge in [0.1, 0.15) is 12.4 Å². The van der Waals surface area contributed by atoms with Gasteiger partial charge in [-0.05, 0) is 30.0 Å². The minimum Gasteiger partial charge on any atom is -0.489 e. The van der Waals surface area contributed by atoms with E-state index in [-0.39, 0.29) is 6.42 Å². The highest BCUT2D eigenvalue weighted by Gasteiger charge is 2.05. The summed E-state index contributed by atoms with van der Waals surface area (Å²) in [7, 11) is 0. The molecule has 0 heterocycles. The molecule has 0 atom stereocenters. The number of allylic oxidation sites excluding steroid dienone is 1. The van der Waals surface area contributed by atoms with E-state index in [2.05, 4.69) is 13.2 Å². The van der Waals surface area contributed by atoms with E-state index >= 15 is 0 Å². The van der Waals surface area contributed by atoms with E-state index in [1.165, 1.54) is 0 Å². The van der Waals surface area contributed by atoms with Crippen LogP contribution >= 0.6 is 0 Å². The van der Waals surface area contributed by atoms with Gasteiger partial charge in [-0.25, -0.2) is 0 Å². The number of hydrogen-bond donors (Lipinski definition) is 1. The lowest BCUT2D eigenvalue weighted by Crippen LogP contribution is -2.00. The van der Waals surface area contributed by atoms with Crippen molar-refractivity contribution in [1.82, 2.24) is 0 Å². The van der Waals surface area contributed by atoms with Crippen LogP contribution in [0.2, 0.25) is 0 Å². The fourth-order valence-corrected chi connectivity index (χ4v) is 1.64. The van der Waals surface area contributed by atoms with Gasteiger partial charge in [-0.3, -0.25) is 4.79 Å². The fourth-order valence-electron chi connectivity index (χ4n) is 1.64. The van der Waals surface area contributed by atoms with Crippen LogP contribution in [-0.2, 0) is 17.6 Å². The summed E-state index contributed by atoms with van der Waals surface area (Å²) >= 11 is 0. The number of aliphatic carboxylic acids is 1. The monoisotopic (exact) mass is 246 g/mol. The van der Waals surface area contributed by atoms with Crippen molar-refractivity contribution < 1.29 is 14.6 Å². The molecular formula is C15H18O3. The van der Waals surface area contributed by atoms with Crippen molar-refractivity contribution >= 4 is 5.97 Å². The molecular weight excluding hydrogens is 228 g/mol. The summed E-state index contributed by atoms with van der Waals surface area (Å²) in [6.07, 6.45) is 4.86. The third kappa shape index (κ3) is 4.45. The summed E-state index contributed by atoms with van der Waals surface area (Å²) in [5, 5.41) is 8.67. The van der Waals surface area contributed by atoms with E-state index in [4.69, 9.17) is 9.84 Å². The van der Waals surface area contributed by atoms with Crippen LogP contribution in [0, 0.1) is 0 Å². The Morgan fingerprint density at radius 2 is 2.11 bits per heavy atom. The molecule has 0 aliphatic carbocycles. The quantitative estimate of drug-likeness (QED) is 0.717. The molecule has 1 aromatic carbocycles. The van der Waals surface area contributed by atoms with Crippen molar-refractivity contribution in [1.29, 1.82) is 0 Å². The minimum absolute atomic E-state index is 0.139. The third-order valence-electron chi connectivity index (χ3n) is 2.47. The van der Waals surface area contributed by atoms with Crippen molar-refractivity contribution in [2.75, 3.05) is 6.61 Å². The van der Waals surface area contributed by atoms with Crippen LogP contribution in [0.5, 0.6) is 5.75 Å². The van der Waals surface area contributed by atoms with E-state index < -0.39 is 5.97 Å².